The second-order valence-electron chi connectivity index (χ2n) is 6.33. The summed E-state index contributed by atoms with van der Waals surface area (Å²) in [5, 5.41) is 2.53. The van der Waals surface area contributed by atoms with Gasteiger partial charge in [0.15, 0.2) is 0 Å². The Hall–Kier alpha value is -2.41. The molecule has 7 nitrogen and oxygen atoms in total. The van der Waals surface area contributed by atoms with Crippen molar-refractivity contribution in [1.82, 2.24) is 15.1 Å². The summed E-state index contributed by atoms with van der Waals surface area (Å²) in [6.45, 7) is 1.16. The van der Waals surface area contributed by atoms with Gasteiger partial charge in [-0.2, -0.15) is 0 Å². The van der Waals surface area contributed by atoms with Crippen molar-refractivity contribution in [2.24, 2.45) is 5.73 Å². The van der Waals surface area contributed by atoms with Gasteiger partial charge in [0.1, 0.15) is 6.04 Å². The first-order valence-electron chi connectivity index (χ1n) is 8.15. The number of likely N-dealkylation sites (tertiary alicyclic amines) is 1. The van der Waals surface area contributed by atoms with Crippen LogP contribution in [0.1, 0.15) is 17.5 Å². The highest BCUT2D eigenvalue weighted by Crippen LogP contribution is 2.21. The molecular formula is C17H22N4O3. The number of benzene rings is 1. The maximum Gasteiger partial charge on any atom is 0.312 e. The van der Waals surface area contributed by atoms with Crippen LogP contribution in [0.2, 0.25) is 0 Å². The lowest BCUT2D eigenvalue weighted by atomic mass is 10.00. The summed E-state index contributed by atoms with van der Waals surface area (Å²) < 4.78 is 0. The molecule has 1 saturated heterocycles. The van der Waals surface area contributed by atoms with Crippen molar-refractivity contribution in [2.45, 2.75) is 31.5 Å². The van der Waals surface area contributed by atoms with Gasteiger partial charge in [-0.1, -0.05) is 24.3 Å². The first kappa shape index (κ1) is 16.4. The monoisotopic (exact) mass is 330 g/mol. The maximum absolute atomic E-state index is 12.6. The largest absolute Gasteiger partial charge is 0.357 e. The zero-order valence-electron chi connectivity index (χ0n) is 13.7. The Bertz CT molecular complexity index is 676. The number of hydrogen-bond donors (Lipinski definition) is 2. The van der Waals surface area contributed by atoms with E-state index in [0.29, 0.717) is 19.5 Å². The Labute approximate surface area is 140 Å². The minimum atomic E-state index is -0.668. The molecule has 3 N–H and O–H groups in total. The number of nitrogens with one attached hydrogen (secondary N) is 1. The van der Waals surface area contributed by atoms with Crippen LogP contribution >= 0.6 is 0 Å². The minimum absolute atomic E-state index is 0.229. The molecule has 1 fully saturated rings. The second kappa shape index (κ2) is 6.60. The third-order valence-corrected chi connectivity index (χ3v) is 4.74. The molecule has 3 rings (SSSR count). The quantitative estimate of drug-likeness (QED) is 0.662. The normalized spacial score (nSPS) is 22.9. The van der Waals surface area contributed by atoms with E-state index >= 15 is 0 Å². The van der Waals surface area contributed by atoms with Gasteiger partial charge >= 0.3 is 11.8 Å². The second-order valence-corrected chi connectivity index (χ2v) is 6.33. The SMILES string of the molecule is CNC(=O)[C@@H]1C[C@@H](N)CN1C(=O)C(=O)N1CCc2ccccc2C1. The van der Waals surface area contributed by atoms with Gasteiger partial charge in [0.05, 0.1) is 0 Å². The molecule has 7 heteroatoms. The molecule has 2 aliphatic rings. The molecule has 0 unspecified atom stereocenters. The van der Waals surface area contributed by atoms with Crippen molar-refractivity contribution < 1.29 is 14.4 Å². The first-order chi connectivity index (χ1) is 11.5. The van der Waals surface area contributed by atoms with E-state index in [1.54, 1.807) is 4.90 Å². The van der Waals surface area contributed by atoms with Gasteiger partial charge in [-0.25, -0.2) is 0 Å². The number of rotatable bonds is 1. The summed E-state index contributed by atoms with van der Waals surface area (Å²) in [4.78, 5) is 40.1. The van der Waals surface area contributed by atoms with Crippen LogP contribution in [0.5, 0.6) is 0 Å². The Morgan fingerprint density at radius 1 is 1.17 bits per heavy atom. The molecule has 2 heterocycles. The molecule has 0 bridgehead atoms. The van der Waals surface area contributed by atoms with Crippen LogP contribution in [0.3, 0.4) is 0 Å². The van der Waals surface area contributed by atoms with Crippen molar-refractivity contribution >= 4 is 17.7 Å². The van der Waals surface area contributed by atoms with Crippen LogP contribution in [0.25, 0.3) is 0 Å². The van der Waals surface area contributed by atoms with Crippen molar-refractivity contribution in [2.75, 3.05) is 20.1 Å². The number of likely N-dealkylation sites (N-methyl/N-ethyl adjacent to an activating group) is 1. The fourth-order valence-corrected chi connectivity index (χ4v) is 3.44. The van der Waals surface area contributed by atoms with Gasteiger partial charge in [-0.05, 0) is 24.0 Å². The number of nitrogens with zero attached hydrogens (tertiary/aromatic N) is 2. The van der Waals surface area contributed by atoms with E-state index in [-0.39, 0.29) is 18.5 Å². The number of carbonyl (C=O) groups excluding carboxylic acids is 3. The van der Waals surface area contributed by atoms with Gasteiger partial charge in [-0.15, -0.1) is 0 Å². The lowest BCUT2D eigenvalue weighted by molar-refractivity contribution is -0.154. The molecule has 1 aromatic carbocycles. The van der Waals surface area contributed by atoms with Crippen LogP contribution in [-0.4, -0.2) is 59.7 Å². The van der Waals surface area contributed by atoms with E-state index in [2.05, 4.69) is 5.32 Å². The molecule has 1 aromatic rings. The molecule has 0 saturated carbocycles. The van der Waals surface area contributed by atoms with E-state index in [4.69, 9.17) is 5.73 Å². The third-order valence-electron chi connectivity index (χ3n) is 4.74. The molecule has 2 aliphatic heterocycles. The Morgan fingerprint density at radius 2 is 1.88 bits per heavy atom. The lowest BCUT2D eigenvalue weighted by Gasteiger charge is -2.31. The molecule has 0 aliphatic carbocycles. The standard InChI is InChI=1S/C17H22N4O3/c1-19-15(22)14-8-13(18)10-21(14)17(24)16(23)20-7-6-11-4-2-3-5-12(11)9-20/h2-5,13-14H,6-10,18H2,1H3,(H,19,22)/t13-,14+/m1/s1. The van der Waals surface area contributed by atoms with Crippen LogP contribution in [0.15, 0.2) is 24.3 Å². The molecule has 128 valence electrons. The van der Waals surface area contributed by atoms with Crippen molar-refractivity contribution in [1.29, 1.82) is 0 Å². The first-order valence-corrected chi connectivity index (χ1v) is 8.15. The van der Waals surface area contributed by atoms with E-state index < -0.39 is 17.9 Å². The van der Waals surface area contributed by atoms with Crippen LogP contribution < -0.4 is 11.1 Å². The summed E-state index contributed by atoms with van der Waals surface area (Å²) in [5.41, 5.74) is 8.16. The van der Waals surface area contributed by atoms with Gasteiger partial charge in [0.25, 0.3) is 0 Å². The van der Waals surface area contributed by atoms with Crippen LogP contribution in [0, 0.1) is 0 Å². The van der Waals surface area contributed by atoms with Crippen LogP contribution in [0.4, 0.5) is 0 Å². The number of fused-ring (bicyclic) bond motifs is 1. The summed E-state index contributed by atoms with van der Waals surface area (Å²) in [7, 11) is 1.51. The Kier molecular flexibility index (Phi) is 4.53. The topological polar surface area (TPSA) is 95.7 Å². The average molecular weight is 330 g/mol. The highest BCUT2D eigenvalue weighted by atomic mass is 16.2. The van der Waals surface area contributed by atoms with E-state index in [1.165, 1.54) is 17.5 Å². The molecule has 0 aromatic heterocycles. The molecular weight excluding hydrogens is 308 g/mol. The summed E-state index contributed by atoms with van der Waals surface area (Å²) >= 11 is 0. The molecule has 0 spiro atoms. The zero-order chi connectivity index (χ0) is 17.3. The van der Waals surface area contributed by atoms with Crippen molar-refractivity contribution in [3.8, 4) is 0 Å². The number of amides is 3. The van der Waals surface area contributed by atoms with Gasteiger partial charge < -0.3 is 20.9 Å². The lowest BCUT2D eigenvalue weighted by Crippen LogP contribution is -2.51. The molecule has 2 atom stereocenters. The fraction of sp³-hybridized carbons (Fsp3) is 0.471. The summed E-state index contributed by atoms with van der Waals surface area (Å²) in [5.74, 6) is -1.49. The maximum atomic E-state index is 12.6. The zero-order valence-corrected chi connectivity index (χ0v) is 13.7. The number of hydrogen-bond acceptors (Lipinski definition) is 4. The Morgan fingerprint density at radius 3 is 2.58 bits per heavy atom. The van der Waals surface area contributed by atoms with Gasteiger partial charge in [0, 0.05) is 32.7 Å². The predicted octanol–water partition coefficient (Wildman–Crippen LogP) is -0.754. The van der Waals surface area contributed by atoms with Crippen molar-refractivity contribution in [3.63, 3.8) is 0 Å². The summed E-state index contributed by atoms with van der Waals surface area (Å²) in [6, 6.07) is 6.96. The number of nitrogens with two attached hydrogens (primary N) is 1. The molecule has 3 amide bonds. The number of carbonyl (C=O) groups is 3. The fourth-order valence-electron chi connectivity index (χ4n) is 3.44. The molecule has 24 heavy (non-hydrogen) atoms. The van der Waals surface area contributed by atoms with E-state index in [0.717, 1.165) is 12.0 Å². The van der Waals surface area contributed by atoms with Crippen molar-refractivity contribution in [3.05, 3.63) is 35.4 Å². The summed E-state index contributed by atoms with van der Waals surface area (Å²) in [6.07, 6.45) is 1.11. The van der Waals surface area contributed by atoms with E-state index in [1.807, 2.05) is 24.3 Å². The highest BCUT2D eigenvalue weighted by Gasteiger charge is 2.41. The third kappa shape index (κ3) is 2.99. The van der Waals surface area contributed by atoms with Crippen LogP contribution in [-0.2, 0) is 27.3 Å². The smallest absolute Gasteiger partial charge is 0.312 e. The average Bonchev–Trinajstić information content (AvgIpc) is 3.01. The highest BCUT2D eigenvalue weighted by molar-refractivity contribution is 6.35. The molecule has 0 radical (unpaired) electrons. The minimum Gasteiger partial charge on any atom is -0.357 e. The van der Waals surface area contributed by atoms with Gasteiger partial charge in [-0.3, -0.25) is 14.4 Å². The Balaban J connectivity index is 1.73. The van der Waals surface area contributed by atoms with Gasteiger partial charge in [0.2, 0.25) is 5.91 Å². The van der Waals surface area contributed by atoms with E-state index in [9.17, 15) is 14.4 Å². The predicted molar refractivity (Wildman–Crippen MR) is 87.7 cm³/mol.